The lowest BCUT2D eigenvalue weighted by atomic mass is 9.95. The van der Waals surface area contributed by atoms with Gasteiger partial charge in [-0.2, -0.15) is 0 Å². The van der Waals surface area contributed by atoms with Crippen LogP contribution in [-0.2, 0) is 17.8 Å². The van der Waals surface area contributed by atoms with E-state index in [9.17, 15) is 4.79 Å². The summed E-state index contributed by atoms with van der Waals surface area (Å²) in [6.07, 6.45) is 4.28. The van der Waals surface area contributed by atoms with Crippen molar-refractivity contribution >= 4 is 5.91 Å². The minimum absolute atomic E-state index is 0.175. The van der Waals surface area contributed by atoms with Gasteiger partial charge >= 0.3 is 0 Å². The summed E-state index contributed by atoms with van der Waals surface area (Å²) in [5, 5.41) is 3.09. The first kappa shape index (κ1) is 17.7. The first-order chi connectivity index (χ1) is 12.3. The molecule has 2 aromatic carbocycles. The fourth-order valence-corrected chi connectivity index (χ4v) is 3.50. The van der Waals surface area contributed by atoms with Crippen LogP contribution in [0.5, 0.6) is 0 Å². The topological polar surface area (TPSA) is 32.3 Å². The lowest BCUT2D eigenvalue weighted by molar-refractivity contribution is -0.126. The summed E-state index contributed by atoms with van der Waals surface area (Å²) < 4.78 is 0. The van der Waals surface area contributed by atoms with Crippen LogP contribution >= 0.6 is 0 Å². The molecule has 1 aliphatic rings. The maximum Gasteiger partial charge on any atom is 0.223 e. The number of carbonyl (C=O) groups is 1. The van der Waals surface area contributed by atoms with E-state index in [-0.39, 0.29) is 11.8 Å². The second kappa shape index (κ2) is 9.38. The molecule has 0 spiro atoms. The van der Waals surface area contributed by atoms with Crippen LogP contribution in [0.1, 0.15) is 30.4 Å². The molecule has 0 aliphatic carbocycles. The zero-order chi connectivity index (χ0) is 17.3. The van der Waals surface area contributed by atoms with Crippen molar-refractivity contribution in [2.24, 2.45) is 5.92 Å². The summed E-state index contributed by atoms with van der Waals surface area (Å²) >= 11 is 0. The van der Waals surface area contributed by atoms with Gasteiger partial charge in [-0.25, -0.2) is 0 Å². The highest BCUT2D eigenvalue weighted by Gasteiger charge is 2.24. The minimum atomic E-state index is 0.175. The number of hydrogen-bond donors (Lipinski definition) is 1. The molecule has 0 radical (unpaired) electrons. The molecule has 0 aromatic heterocycles. The number of hydrogen-bond acceptors (Lipinski definition) is 2. The van der Waals surface area contributed by atoms with E-state index in [1.165, 1.54) is 12.0 Å². The van der Waals surface area contributed by atoms with Gasteiger partial charge in [0, 0.05) is 12.5 Å². The molecule has 0 unspecified atom stereocenters. The fraction of sp³-hybridized carbons (Fsp3) is 0.409. The molecule has 1 amide bonds. The molecule has 2 aromatic rings. The van der Waals surface area contributed by atoms with Crippen LogP contribution in [0.2, 0.25) is 0 Å². The first-order valence-electron chi connectivity index (χ1n) is 9.39. The Labute approximate surface area is 151 Å². The number of benzene rings is 2. The lowest BCUT2D eigenvalue weighted by Crippen LogP contribution is -2.40. The van der Waals surface area contributed by atoms with Crippen LogP contribution in [0.15, 0.2) is 60.7 Å². The van der Waals surface area contributed by atoms with Gasteiger partial charge in [0.15, 0.2) is 0 Å². The Bertz CT molecular complexity index is 634. The highest BCUT2D eigenvalue weighted by Crippen LogP contribution is 2.18. The van der Waals surface area contributed by atoms with Crippen molar-refractivity contribution in [2.75, 3.05) is 19.6 Å². The van der Waals surface area contributed by atoms with Crippen molar-refractivity contribution in [3.63, 3.8) is 0 Å². The number of nitrogens with one attached hydrogen (secondary N) is 1. The second-order valence-electron chi connectivity index (χ2n) is 6.91. The summed E-state index contributed by atoms with van der Waals surface area (Å²) in [6.45, 7) is 3.85. The number of nitrogens with zero attached hydrogens (tertiary/aromatic N) is 1. The predicted octanol–water partition coefficient (Wildman–Crippen LogP) is 3.65. The number of amides is 1. The Kier molecular flexibility index (Phi) is 6.63. The molecule has 3 rings (SSSR count). The molecule has 1 heterocycles. The van der Waals surface area contributed by atoms with Gasteiger partial charge in [0.2, 0.25) is 5.91 Å². The van der Waals surface area contributed by atoms with E-state index in [1.54, 1.807) is 0 Å². The van der Waals surface area contributed by atoms with Crippen molar-refractivity contribution in [3.8, 4) is 0 Å². The molecule has 3 heteroatoms. The summed E-state index contributed by atoms with van der Waals surface area (Å²) in [5.74, 6) is 0.391. The van der Waals surface area contributed by atoms with E-state index in [4.69, 9.17) is 0 Å². The van der Waals surface area contributed by atoms with Gasteiger partial charge < -0.3 is 10.2 Å². The second-order valence-corrected chi connectivity index (χ2v) is 6.91. The van der Waals surface area contributed by atoms with Crippen molar-refractivity contribution in [1.29, 1.82) is 0 Å². The van der Waals surface area contributed by atoms with Gasteiger partial charge in [-0.05, 0) is 56.4 Å². The maximum absolute atomic E-state index is 12.3. The van der Waals surface area contributed by atoms with Gasteiger partial charge in [-0.15, -0.1) is 0 Å². The zero-order valence-corrected chi connectivity index (χ0v) is 14.9. The van der Waals surface area contributed by atoms with E-state index in [1.807, 2.05) is 18.2 Å². The Hall–Kier alpha value is -2.13. The number of likely N-dealkylation sites (tertiary alicyclic amines) is 1. The van der Waals surface area contributed by atoms with E-state index in [0.29, 0.717) is 6.54 Å². The fourth-order valence-electron chi connectivity index (χ4n) is 3.50. The van der Waals surface area contributed by atoms with Gasteiger partial charge in [-0.1, -0.05) is 60.7 Å². The first-order valence-corrected chi connectivity index (χ1v) is 9.39. The van der Waals surface area contributed by atoms with Crippen LogP contribution in [0.25, 0.3) is 0 Å². The van der Waals surface area contributed by atoms with Crippen LogP contribution in [0, 0.1) is 5.92 Å². The molecule has 1 saturated heterocycles. The van der Waals surface area contributed by atoms with Gasteiger partial charge in [0.1, 0.15) is 0 Å². The monoisotopic (exact) mass is 336 g/mol. The Balaban J connectivity index is 1.33. The van der Waals surface area contributed by atoms with E-state index < -0.39 is 0 Å². The standard InChI is InChI=1S/C22H28N2O/c25-22(23-18-20-10-5-2-6-11-20)21-13-16-24(17-14-21)15-7-12-19-8-3-1-4-9-19/h1-6,8-11,21H,7,12-18H2,(H,23,25). The summed E-state index contributed by atoms with van der Waals surface area (Å²) in [4.78, 5) is 14.9. The molecule has 0 atom stereocenters. The molecule has 3 nitrogen and oxygen atoms in total. The van der Waals surface area contributed by atoms with Gasteiger partial charge in [0.25, 0.3) is 0 Å². The Morgan fingerprint density at radius 1 is 0.920 bits per heavy atom. The third-order valence-electron chi connectivity index (χ3n) is 5.05. The van der Waals surface area contributed by atoms with Crippen molar-refractivity contribution < 1.29 is 4.79 Å². The number of rotatable bonds is 7. The van der Waals surface area contributed by atoms with Crippen LogP contribution in [-0.4, -0.2) is 30.4 Å². The van der Waals surface area contributed by atoms with Crippen LogP contribution < -0.4 is 5.32 Å². The summed E-state index contributed by atoms with van der Waals surface area (Å²) in [7, 11) is 0. The molecule has 0 saturated carbocycles. The normalized spacial score (nSPS) is 15.8. The van der Waals surface area contributed by atoms with Crippen LogP contribution in [0.4, 0.5) is 0 Å². The average molecular weight is 336 g/mol. The van der Waals surface area contributed by atoms with E-state index in [2.05, 4.69) is 52.7 Å². The predicted molar refractivity (Wildman–Crippen MR) is 102 cm³/mol. The minimum Gasteiger partial charge on any atom is -0.352 e. The largest absolute Gasteiger partial charge is 0.352 e. The average Bonchev–Trinajstić information content (AvgIpc) is 2.68. The highest BCUT2D eigenvalue weighted by molar-refractivity contribution is 5.78. The van der Waals surface area contributed by atoms with Crippen molar-refractivity contribution in [1.82, 2.24) is 10.2 Å². The van der Waals surface area contributed by atoms with E-state index >= 15 is 0 Å². The third kappa shape index (κ3) is 5.71. The quantitative estimate of drug-likeness (QED) is 0.837. The summed E-state index contributed by atoms with van der Waals surface area (Å²) in [6, 6.07) is 20.8. The molecule has 25 heavy (non-hydrogen) atoms. The Morgan fingerprint density at radius 2 is 1.52 bits per heavy atom. The van der Waals surface area contributed by atoms with E-state index in [0.717, 1.165) is 44.5 Å². The van der Waals surface area contributed by atoms with Gasteiger partial charge in [-0.3, -0.25) is 4.79 Å². The molecule has 1 fully saturated rings. The molecular formula is C22H28N2O. The number of carbonyl (C=O) groups excluding carboxylic acids is 1. The third-order valence-corrected chi connectivity index (χ3v) is 5.05. The smallest absolute Gasteiger partial charge is 0.223 e. The lowest BCUT2D eigenvalue weighted by Gasteiger charge is -2.31. The van der Waals surface area contributed by atoms with Crippen molar-refractivity contribution in [3.05, 3.63) is 71.8 Å². The van der Waals surface area contributed by atoms with Crippen molar-refractivity contribution in [2.45, 2.75) is 32.2 Å². The number of aryl methyl sites for hydroxylation is 1. The molecule has 1 N–H and O–H groups in total. The molecule has 0 bridgehead atoms. The number of piperidine rings is 1. The Morgan fingerprint density at radius 3 is 2.16 bits per heavy atom. The zero-order valence-electron chi connectivity index (χ0n) is 14.9. The van der Waals surface area contributed by atoms with Crippen LogP contribution in [0.3, 0.4) is 0 Å². The summed E-state index contributed by atoms with van der Waals surface area (Å²) in [5.41, 5.74) is 2.58. The van der Waals surface area contributed by atoms with Gasteiger partial charge in [0.05, 0.1) is 0 Å². The highest BCUT2D eigenvalue weighted by atomic mass is 16.1. The SMILES string of the molecule is O=C(NCc1ccccc1)C1CCN(CCCc2ccccc2)CC1. The maximum atomic E-state index is 12.3. The molecule has 1 aliphatic heterocycles. The molecular weight excluding hydrogens is 308 g/mol. The molecule has 132 valence electrons.